The number of rotatable bonds is 4. The lowest BCUT2D eigenvalue weighted by Gasteiger charge is -2.41. The second kappa shape index (κ2) is 8.40. The number of ether oxygens (including phenoxy) is 1. The molecule has 2 fully saturated rings. The summed E-state index contributed by atoms with van der Waals surface area (Å²) < 4.78 is 5.97. The predicted molar refractivity (Wildman–Crippen MR) is 107 cm³/mol. The molecule has 0 unspecified atom stereocenters. The highest BCUT2D eigenvalue weighted by Gasteiger charge is 2.30. The number of hydrogen-bond donors (Lipinski definition) is 0. The van der Waals surface area contributed by atoms with E-state index in [-0.39, 0.29) is 12.0 Å². The second-order valence-electron chi connectivity index (χ2n) is 7.49. The van der Waals surface area contributed by atoms with Crippen LogP contribution in [0.4, 0.5) is 0 Å². The van der Waals surface area contributed by atoms with Gasteiger partial charge in [-0.25, -0.2) is 4.98 Å². The molecule has 3 heterocycles. The minimum atomic E-state index is 0.183. The Morgan fingerprint density at radius 3 is 2.52 bits per heavy atom. The van der Waals surface area contributed by atoms with Gasteiger partial charge >= 0.3 is 0 Å². The van der Waals surface area contributed by atoms with E-state index in [2.05, 4.69) is 9.88 Å². The predicted octanol–water partition coefficient (Wildman–Crippen LogP) is 3.60. The fourth-order valence-corrected chi connectivity index (χ4v) is 4.74. The van der Waals surface area contributed by atoms with E-state index in [0.29, 0.717) is 6.04 Å². The average molecular weight is 386 g/mol. The molecule has 5 nitrogen and oxygen atoms in total. The summed E-state index contributed by atoms with van der Waals surface area (Å²) in [5, 5.41) is 2.74. The van der Waals surface area contributed by atoms with Crippen LogP contribution >= 0.6 is 11.3 Å². The molecule has 2 aliphatic rings. The van der Waals surface area contributed by atoms with Crippen molar-refractivity contribution in [1.29, 1.82) is 0 Å². The number of carbonyl (C=O) groups is 1. The van der Waals surface area contributed by atoms with Crippen LogP contribution in [-0.4, -0.2) is 59.0 Å². The van der Waals surface area contributed by atoms with Crippen molar-refractivity contribution in [2.45, 2.75) is 44.8 Å². The fraction of sp³-hybridized carbons (Fsp3) is 0.524. The van der Waals surface area contributed by atoms with Gasteiger partial charge in [-0.3, -0.25) is 9.69 Å². The van der Waals surface area contributed by atoms with Gasteiger partial charge in [-0.1, -0.05) is 29.5 Å². The van der Waals surface area contributed by atoms with E-state index >= 15 is 0 Å². The maximum absolute atomic E-state index is 12.8. The number of likely N-dealkylation sites (tertiary alicyclic amines) is 2. The number of benzene rings is 1. The molecule has 0 saturated carbocycles. The normalized spacial score (nSPS) is 20.0. The zero-order valence-corrected chi connectivity index (χ0v) is 16.7. The van der Waals surface area contributed by atoms with Crippen LogP contribution in [0.2, 0.25) is 0 Å². The number of nitrogens with zero attached hydrogens (tertiary/aromatic N) is 3. The number of piperidine rings is 2. The molecule has 27 heavy (non-hydrogen) atoms. The Kier molecular flexibility index (Phi) is 5.74. The van der Waals surface area contributed by atoms with Crippen molar-refractivity contribution >= 4 is 17.2 Å². The molecule has 0 aliphatic carbocycles. The van der Waals surface area contributed by atoms with Crippen LogP contribution in [0.25, 0.3) is 0 Å². The van der Waals surface area contributed by atoms with Crippen LogP contribution in [-0.2, 0) is 0 Å². The highest BCUT2D eigenvalue weighted by Crippen LogP contribution is 2.25. The van der Waals surface area contributed by atoms with E-state index in [9.17, 15) is 4.79 Å². The van der Waals surface area contributed by atoms with Gasteiger partial charge in [-0.15, -0.1) is 0 Å². The zero-order chi connectivity index (χ0) is 18.6. The van der Waals surface area contributed by atoms with Crippen LogP contribution in [0.1, 0.15) is 41.6 Å². The van der Waals surface area contributed by atoms with E-state index in [4.69, 9.17) is 4.74 Å². The van der Waals surface area contributed by atoms with Gasteiger partial charge in [0, 0.05) is 49.4 Å². The van der Waals surface area contributed by atoms with Crippen LogP contribution in [0.15, 0.2) is 35.8 Å². The van der Waals surface area contributed by atoms with Crippen molar-refractivity contribution in [3.8, 4) is 5.19 Å². The molecule has 0 radical (unpaired) electrons. The molecule has 4 rings (SSSR count). The van der Waals surface area contributed by atoms with Gasteiger partial charge in [-0.05, 0) is 44.2 Å². The standard InChI is InChI=1S/C21H27N3O2S/c1-16-4-2-3-5-19(16)20(25)24-11-6-17(7-12-24)23-13-8-18(9-14-23)26-21-22-10-15-27-21/h2-5,10,15,17-18H,6-9,11-14H2,1H3. The highest BCUT2D eigenvalue weighted by molar-refractivity contribution is 7.11. The monoisotopic (exact) mass is 385 g/mol. The van der Waals surface area contributed by atoms with Crippen molar-refractivity contribution in [3.63, 3.8) is 0 Å². The van der Waals surface area contributed by atoms with Gasteiger partial charge in [0.1, 0.15) is 6.10 Å². The molecule has 0 atom stereocenters. The summed E-state index contributed by atoms with van der Waals surface area (Å²) in [6.45, 7) is 5.87. The lowest BCUT2D eigenvalue weighted by atomic mass is 9.98. The molecule has 2 aliphatic heterocycles. The van der Waals surface area contributed by atoms with Gasteiger partial charge in [0.25, 0.3) is 11.1 Å². The number of aryl methyl sites for hydroxylation is 1. The molecule has 6 heteroatoms. The van der Waals surface area contributed by atoms with Crippen LogP contribution in [0.5, 0.6) is 5.19 Å². The summed E-state index contributed by atoms with van der Waals surface area (Å²) in [6.07, 6.45) is 6.33. The van der Waals surface area contributed by atoms with Crippen molar-refractivity contribution in [1.82, 2.24) is 14.8 Å². The Hall–Kier alpha value is -1.92. The van der Waals surface area contributed by atoms with Crippen LogP contribution < -0.4 is 4.74 Å². The molecule has 1 aromatic heterocycles. The molecule has 0 spiro atoms. The van der Waals surface area contributed by atoms with Gasteiger partial charge in [0.15, 0.2) is 0 Å². The summed E-state index contributed by atoms with van der Waals surface area (Å²) in [5.74, 6) is 0.183. The molecule has 1 amide bonds. The third kappa shape index (κ3) is 4.33. The average Bonchev–Trinajstić information content (AvgIpc) is 3.22. The zero-order valence-electron chi connectivity index (χ0n) is 15.8. The first-order valence-corrected chi connectivity index (χ1v) is 10.7. The van der Waals surface area contributed by atoms with Gasteiger partial charge in [0.2, 0.25) is 0 Å². The Morgan fingerprint density at radius 2 is 1.85 bits per heavy atom. The van der Waals surface area contributed by atoms with Crippen LogP contribution in [0.3, 0.4) is 0 Å². The van der Waals surface area contributed by atoms with E-state index in [1.165, 1.54) is 0 Å². The van der Waals surface area contributed by atoms with Gasteiger partial charge < -0.3 is 9.64 Å². The van der Waals surface area contributed by atoms with E-state index in [1.807, 2.05) is 41.5 Å². The van der Waals surface area contributed by atoms with E-state index in [0.717, 1.165) is 68.2 Å². The second-order valence-corrected chi connectivity index (χ2v) is 8.35. The minimum absolute atomic E-state index is 0.183. The number of thiazole rings is 1. The van der Waals surface area contributed by atoms with Crippen molar-refractivity contribution in [2.75, 3.05) is 26.2 Å². The molecule has 2 saturated heterocycles. The summed E-state index contributed by atoms with van der Waals surface area (Å²) >= 11 is 1.56. The first-order valence-electron chi connectivity index (χ1n) is 9.86. The van der Waals surface area contributed by atoms with E-state index < -0.39 is 0 Å². The summed E-state index contributed by atoms with van der Waals surface area (Å²) in [5.41, 5.74) is 1.91. The molecular formula is C21H27N3O2S. The molecule has 144 valence electrons. The first kappa shape index (κ1) is 18.4. The lowest BCUT2D eigenvalue weighted by molar-refractivity contribution is 0.0424. The largest absolute Gasteiger partial charge is 0.467 e. The van der Waals surface area contributed by atoms with Gasteiger partial charge in [0.05, 0.1) is 0 Å². The SMILES string of the molecule is Cc1ccccc1C(=O)N1CCC(N2CCC(Oc3nccs3)CC2)CC1. The maximum atomic E-state index is 12.8. The number of hydrogen-bond acceptors (Lipinski definition) is 5. The number of carbonyl (C=O) groups excluding carboxylic acids is 1. The summed E-state index contributed by atoms with van der Waals surface area (Å²) in [6, 6.07) is 8.48. The molecule has 0 N–H and O–H groups in total. The molecule has 2 aromatic rings. The van der Waals surface area contributed by atoms with Crippen molar-refractivity contribution in [2.24, 2.45) is 0 Å². The molecular weight excluding hydrogens is 358 g/mol. The maximum Gasteiger partial charge on any atom is 0.273 e. The van der Waals surface area contributed by atoms with Gasteiger partial charge in [-0.2, -0.15) is 0 Å². The smallest absolute Gasteiger partial charge is 0.273 e. The molecule has 0 bridgehead atoms. The Morgan fingerprint density at radius 1 is 1.11 bits per heavy atom. The lowest BCUT2D eigenvalue weighted by Crippen LogP contribution is -2.50. The summed E-state index contributed by atoms with van der Waals surface area (Å²) in [7, 11) is 0. The number of amides is 1. The van der Waals surface area contributed by atoms with Crippen molar-refractivity contribution < 1.29 is 9.53 Å². The third-order valence-corrected chi connectivity index (χ3v) is 6.46. The Labute approximate surface area is 165 Å². The minimum Gasteiger partial charge on any atom is -0.467 e. The van der Waals surface area contributed by atoms with Crippen LogP contribution in [0, 0.1) is 6.92 Å². The number of aromatic nitrogens is 1. The topological polar surface area (TPSA) is 45.7 Å². The highest BCUT2D eigenvalue weighted by atomic mass is 32.1. The Balaban J connectivity index is 1.25. The third-order valence-electron chi connectivity index (χ3n) is 5.80. The quantitative estimate of drug-likeness (QED) is 0.807. The first-order chi connectivity index (χ1) is 13.2. The van der Waals surface area contributed by atoms with Crippen molar-refractivity contribution in [3.05, 3.63) is 47.0 Å². The summed E-state index contributed by atoms with van der Waals surface area (Å²) in [4.78, 5) is 21.6. The fourth-order valence-electron chi connectivity index (χ4n) is 4.19. The Bertz CT molecular complexity index is 749. The molecule has 1 aromatic carbocycles. The van der Waals surface area contributed by atoms with E-state index in [1.54, 1.807) is 17.5 Å².